The van der Waals surface area contributed by atoms with E-state index in [0.717, 1.165) is 0 Å². The average molecular weight is 729 g/mol. The topological polar surface area (TPSA) is 146 Å². The summed E-state index contributed by atoms with van der Waals surface area (Å²) in [5.74, 6) is -1.49. The maximum atomic E-state index is 13.8. The fraction of sp³-hybridized carbons (Fsp3) is 0.471. The first-order valence-corrected chi connectivity index (χ1v) is 15.9. The van der Waals surface area contributed by atoms with Gasteiger partial charge in [0, 0.05) is 25.5 Å². The number of carbonyl (C=O) groups excluding carboxylic acids is 1. The van der Waals surface area contributed by atoms with Crippen LogP contribution in [0.25, 0.3) is 0 Å². The molecule has 1 aliphatic heterocycles. The summed E-state index contributed by atoms with van der Waals surface area (Å²) in [7, 11) is 2.83. The highest BCUT2D eigenvalue weighted by atomic mass is 19.4. The van der Waals surface area contributed by atoms with Crippen molar-refractivity contribution < 1.29 is 60.0 Å². The van der Waals surface area contributed by atoms with Crippen LogP contribution in [0.15, 0.2) is 42.6 Å². The standard InChI is InChI=1S/C34H38F6N4O7/c1-4-32(41)18-25(30-26(8-9-27(43-30)49-3)44(32)31(47)51-10-6-5-7-28(45)46)29-21(16-24(19-42-29)50-12-11-48-2)13-20-14-22(33(35,36)37)17-23(15-20)34(38,39)40/h8-9,14-17,19,25H,4-7,10-13,18,41H2,1-3H3,(H,45,46)/t25-,32+/m0/s1. The van der Waals surface area contributed by atoms with Crippen molar-refractivity contribution in [3.05, 3.63) is 76.2 Å². The molecular formula is C34H38F6N4O7. The van der Waals surface area contributed by atoms with Crippen molar-refractivity contribution in [1.29, 1.82) is 0 Å². The number of hydrogen-bond donors (Lipinski definition) is 2. The molecule has 2 atom stereocenters. The first kappa shape index (κ1) is 39.2. The Labute approximate surface area is 289 Å². The number of hydrogen-bond acceptors (Lipinski definition) is 9. The van der Waals surface area contributed by atoms with E-state index in [9.17, 15) is 35.9 Å². The van der Waals surface area contributed by atoms with Gasteiger partial charge < -0.3 is 29.8 Å². The van der Waals surface area contributed by atoms with E-state index in [1.54, 1.807) is 13.0 Å². The summed E-state index contributed by atoms with van der Waals surface area (Å²) < 4.78 is 104. The summed E-state index contributed by atoms with van der Waals surface area (Å²) in [6, 6.07) is 5.88. The molecule has 0 fully saturated rings. The summed E-state index contributed by atoms with van der Waals surface area (Å²) in [4.78, 5) is 34.9. The highest BCUT2D eigenvalue weighted by molar-refractivity contribution is 5.91. The Hall–Kier alpha value is -4.64. The number of aliphatic carboxylic acids is 1. The van der Waals surface area contributed by atoms with Crippen LogP contribution >= 0.6 is 0 Å². The average Bonchev–Trinajstić information content (AvgIpc) is 3.06. The van der Waals surface area contributed by atoms with Crippen LogP contribution in [-0.2, 0) is 33.0 Å². The first-order valence-electron chi connectivity index (χ1n) is 15.9. The van der Waals surface area contributed by atoms with Gasteiger partial charge >= 0.3 is 24.4 Å². The molecule has 2 aromatic heterocycles. The molecule has 17 heteroatoms. The number of anilines is 1. The van der Waals surface area contributed by atoms with Crippen LogP contribution in [0.3, 0.4) is 0 Å². The molecule has 4 rings (SSSR count). The number of pyridine rings is 2. The minimum absolute atomic E-state index is 0.0367. The molecule has 0 saturated heterocycles. The number of aromatic nitrogens is 2. The van der Waals surface area contributed by atoms with Gasteiger partial charge in [-0.05, 0) is 73.6 Å². The number of carboxylic acid groups (broad SMARTS) is 1. The van der Waals surface area contributed by atoms with Crippen molar-refractivity contribution in [3.63, 3.8) is 0 Å². The van der Waals surface area contributed by atoms with E-state index >= 15 is 0 Å². The van der Waals surface area contributed by atoms with Crippen LogP contribution < -0.4 is 20.1 Å². The lowest BCUT2D eigenvalue weighted by atomic mass is 9.80. The SMILES string of the molecule is CC[C@]1(N)C[C@@H](c2ncc(OCCOC)cc2Cc2cc(C(F)(F)F)cc(C(F)(F)F)c2)c2nc(OC)ccc2N1C(=O)OCCCCC(=O)O. The van der Waals surface area contributed by atoms with E-state index in [0.29, 0.717) is 12.1 Å². The third-order valence-electron chi connectivity index (χ3n) is 8.37. The van der Waals surface area contributed by atoms with Gasteiger partial charge in [-0.1, -0.05) is 6.92 Å². The lowest BCUT2D eigenvalue weighted by Gasteiger charge is -2.46. The monoisotopic (exact) mass is 728 g/mol. The molecule has 278 valence electrons. The van der Waals surface area contributed by atoms with E-state index < -0.39 is 53.5 Å². The van der Waals surface area contributed by atoms with Gasteiger partial charge in [-0.2, -0.15) is 26.3 Å². The summed E-state index contributed by atoms with van der Waals surface area (Å²) in [6.07, 6.45) is -9.39. The molecule has 3 aromatic rings. The number of amides is 1. The van der Waals surface area contributed by atoms with Crippen molar-refractivity contribution in [2.75, 3.05) is 38.9 Å². The number of unbranched alkanes of at least 4 members (excludes halogenated alkanes) is 1. The molecule has 1 aliphatic rings. The lowest BCUT2D eigenvalue weighted by Crippen LogP contribution is -2.61. The highest BCUT2D eigenvalue weighted by Gasteiger charge is 2.47. The molecule has 3 heterocycles. The van der Waals surface area contributed by atoms with Crippen LogP contribution in [0.5, 0.6) is 11.6 Å². The largest absolute Gasteiger partial charge is 0.490 e. The normalized spacial score (nSPS) is 17.5. The predicted molar refractivity (Wildman–Crippen MR) is 171 cm³/mol. The van der Waals surface area contributed by atoms with Crippen LogP contribution in [0, 0.1) is 0 Å². The van der Waals surface area contributed by atoms with Crippen molar-refractivity contribution in [3.8, 4) is 11.6 Å². The molecular weight excluding hydrogens is 690 g/mol. The zero-order valence-electron chi connectivity index (χ0n) is 28.1. The number of halogens is 6. The second-order valence-electron chi connectivity index (χ2n) is 11.9. The van der Waals surface area contributed by atoms with E-state index in [4.69, 9.17) is 29.8 Å². The predicted octanol–water partition coefficient (Wildman–Crippen LogP) is 6.94. The Bertz CT molecular complexity index is 1670. The molecule has 0 saturated carbocycles. The van der Waals surface area contributed by atoms with E-state index in [-0.39, 0.29) is 97.8 Å². The minimum Gasteiger partial charge on any atom is -0.490 e. The number of nitrogens with two attached hydrogens (primary N) is 1. The number of ether oxygens (including phenoxy) is 4. The number of carboxylic acids is 1. The molecule has 0 unspecified atom stereocenters. The molecule has 1 amide bonds. The van der Waals surface area contributed by atoms with Gasteiger partial charge in [0.2, 0.25) is 5.88 Å². The smallest absolute Gasteiger partial charge is 0.416 e. The Morgan fingerprint density at radius 1 is 0.980 bits per heavy atom. The number of fused-ring (bicyclic) bond motifs is 1. The van der Waals surface area contributed by atoms with Crippen LogP contribution in [0.4, 0.5) is 36.8 Å². The fourth-order valence-electron chi connectivity index (χ4n) is 5.82. The van der Waals surface area contributed by atoms with Gasteiger partial charge in [0.1, 0.15) is 18.0 Å². The van der Waals surface area contributed by atoms with E-state index in [2.05, 4.69) is 9.97 Å². The van der Waals surface area contributed by atoms with Crippen molar-refractivity contribution >= 4 is 17.7 Å². The maximum absolute atomic E-state index is 13.8. The Morgan fingerprint density at radius 2 is 1.67 bits per heavy atom. The number of alkyl halides is 6. The molecule has 1 aromatic carbocycles. The number of rotatable bonds is 14. The van der Waals surface area contributed by atoms with Gasteiger partial charge in [0.05, 0.1) is 54.7 Å². The van der Waals surface area contributed by atoms with Gasteiger partial charge in [-0.25, -0.2) is 9.78 Å². The summed E-state index contributed by atoms with van der Waals surface area (Å²) >= 11 is 0. The summed E-state index contributed by atoms with van der Waals surface area (Å²) in [5, 5.41) is 8.89. The van der Waals surface area contributed by atoms with Gasteiger partial charge in [0.15, 0.2) is 0 Å². The maximum Gasteiger partial charge on any atom is 0.416 e. The van der Waals surface area contributed by atoms with Crippen molar-refractivity contribution in [2.45, 2.75) is 69.4 Å². The van der Waals surface area contributed by atoms with Crippen LogP contribution in [-0.4, -0.2) is 66.8 Å². The zero-order chi connectivity index (χ0) is 37.6. The molecule has 0 radical (unpaired) electrons. The quantitative estimate of drug-likeness (QED) is 0.132. The number of carbonyl (C=O) groups is 2. The number of methoxy groups -OCH3 is 2. The Balaban J connectivity index is 1.84. The summed E-state index contributed by atoms with van der Waals surface area (Å²) in [6.45, 7) is 1.92. The Kier molecular flexibility index (Phi) is 12.4. The fourth-order valence-corrected chi connectivity index (χ4v) is 5.82. The summed E-state index contributed by atoms with van der Waals surface area (Å²) in [5.41, 5.74) is 3.18. The van der Waals surface area contributed by atoms with Crippen LogP contribution in [0.2, 0.25) is 0 Å². The van der Waals surface area contributed by atoms with Crippen LogP contribution in [0.1, 0.15) is 78.6 Å². The molecule has 0 aliphatic carbocycles. The van der Waals surface area contributed by atoms with Gasteiger partial charge in [-0.3, -0.25) is 14.7 Å². The number of benzene rings is 1. The third-order valence-corrected chi connectivity index (χ3v) is 8.37. The van der Waals surface area contributed by atoms with Crippen molar-refractivity contribution in [2.24, 2.45) is 5.73 Å². The molecule has 0 spiro atoms. The molecule has 3 N–H and O–H groups in total. The van der Waals surface area contributed by atoms with E-state index in [1.807, 2.05) is 0 Å². The molecule has 11 nitrogen and oxygen atoms in total. The van der Waals surface area contributed by atoms with E-state index in [1.165, 1.54) is 37.4 Å². The first-order chi connectivity index (χ1) is 24.0. The minimum atomic E-state index is -5.06. The third kappa shape index (κ3) is 9.58. The molecule has 0 bridgehead atoms. The second kappa shape index (κ2) is 16.1. The zero-order valence-corrected chi connectivity index (χ0v) is 28.1. The molecule has 51 heavy (non-hydrogen) atoms. The Morgan fingerprint density at radius 3 is 2.25 bits per heavy atom. The number of nitrogens with zero attached hydrogens (tertiary/aromatic N) is 3. The van der Waals surface area contributed by atoms with Crippen molar-refractivity contribution in [1.82, 2.24) is 9.97 Å². The van der Waals surface area contributed by atoms with Gasteiger partial charge in [-0.15, -0.1) is 0 Å². The van der Waals surface area contributed by atoms with Gasteiger partial charge in [0.25, 0.3) is 0 Å². The highest BCUT2D eigenvalue weighted by Crippen LogP contribution is 2.47. The second-order valence-corrected chi connectivity index (χ2v) is 11.9. The lowest BCUT2D eigenvalue weighted by molar-refractivity contribution is -0.143.